The smallest absolute Gasteiger partial charge is 0.225 e. The molecule has 5 heteroatoms. The number of rotatable bonds is 3. The first kappa shape index (κ1) is 14.4. The number of likely N-dealkylation sites (tertiary alicyclic amines) is 2. The van der Waals surface area contributed by atoms with Gasteiger partial charge in [0.15, 0.2) is 0 Å². The Morgan fingerprint density at radius 3 is 2.38 bits per heavy atom. The lowest BCUT2D eigenvalue weighted by Crippen LogP contribution is -2.45. The Hall–Kier alpha value is -1.59. The Labute approximate surface area is 124 Å². The predicted molar refractivity (Wildman–Crippen MR) is 78.7 cm³/mol. The molecule has 0 saturated carbocycles. The lowest BCUT2D eigenvalue weighted by atomic mass is 10.0. The number of nitrogens with zero attached hydrogens (tertiary/aromatic N) is 2. The summed E-state index contributed by atoms with van der Waals surface area (Å²) in [5.41, 5.74) is 1.19. The van der Waals surface area contributed by atoms with Crippen LogP contribution in [0.2, 0.25) is 0 Å². The summed E-state index contributed by atoms with van der Waals surface area (Å²) in [5.74, 6) is 0.392. The van der Waals surface area contributed by atoms with Gasteiger partial charge < -0.3 is 15.1 Å². The van der Waals surface area contributed by atoms with Crippen molar-refractivity contribution in [3.05, 3.63) is 29.8 Å². The normalized spacial score (nSPS) is 24.7. The molecule has 2 aliphatic heterocycles. The molecule has 0 unspecified atom stereocenters. The monoisotopic (exact) mass is 290 g/mol. The van der Waals surface area contributed by atoms with Gasteiger partial charge in [0.05, 0.1) is 12.5 Å². The third kappa shape index (κ3) is 3.36. The van der Waals surface area contributed by atoms with Crippen molar-refractivity contribution < 1.29 is 15.0 Å². The highest BCUT2D eigenvalue weighted by Gasteiger charge is 2.34. The fourth-order valence-corrected chi connectivity index (χ4v) is 3.31. The van der Waals surface area contributed by atoms with Gasteiger partial charge in [-0.3, -0.25) is 9.69 Å². The maximum absolute atomic E-state index is 11.8. The number of aromatic hydroxyl groups is 1. The number of aliphatic hydroxyl groups is 1. The number of phenolic OH excluding ortho intramolecular Hbond substituents is 1. The van der Waals surface area contributed by atoms with E-state index < -0.39 is 6.10 Å². The quantitative estimate of drug-likeness (QED) is 0.870. The highest BCUT2D eigenvalue weighted by Crippen LogP contribution is 2.23. The first-order valence-corrected chi connectivity index (χ1v) is 7.59. The van der Waals surface area contributed by atoms with E-state index in [4.69, 9.17) is 0 Å². The average molecular weight is 290 g/mol. The third-order valence-electron chi connectivity index (χ3n) is 4.48. The van der Waals surface area contributed by atoms with E-state index in [1.807, 2.05) is 17.0 Å². The fraction of sp³-hybridized carbons (Fsp3) is 0.562. The topological polar surface area (TPSA) is 64.0 Å². The summed E-state index contributed by atoms with van der Waals surface area (Å²) < 4.78 is 0. The van der Waals surface area contributed by atoms with Crippen molar-refractivity contribution >= 4 is 5.91 Å². The van der Waals surface area contributed by atoms with Gasteiger partial charge in [-0.15, -0.1) is 0 Å². The van der Waals surface area contributed by atoms with E-state index >= 15 is 0 Å². The molecule has 2 heterocycles. The molecule has 3 rings (SSSR count). The molecule has 114 valence electrons. The largest absolute Gasteiger partial charge is 0.508 e. The van der Waals surface area contributed by atoms with Crippen LogP contribution in [0.25, 0.3) is 0 Å². The van der Waals surface area contributed by atoms with Crippen LogP contribution in [0.3, 0.4) is 0 Å². The van der Waals surface area contributed by atoms with Gasteiger partial charge >= 0.3 is 0 Å². The van der Waals surface area contributed by atoms with E-state index in [2.05, 4.69) is 4.90 Å². The maximum atomic E-state index is 11.8. The van der Waals surface area contributed by atoms with Crippen LogP contribution in [-0.4, -0.2) is 57.7 Å². The molecule has 1 aromatic rings. The number of hydrogen-bond acceptors (Lipinski definition) is 4. The number of β-amino-alcohol motifs (C(OH)–C–C–N with tert-alkyl or cyclic N) is 1. The Balaban J connectivity index is 1.51. The molecule has 5 nitrogen and oxygen atoms in total. The molecule has 1 aromatic carbocycles. The minimum atomic E-state index is -0.479. The molecule has 1 amide bonds. The molecule has 2 saturated heterocycles. The number of aliphatic hydroxyl groups excluding tert-OH is 1. The SMILES string of the molecule is O=C1C[C@H](O)CN1C1CCN(Cc2ccc(O)cc2)CC1. The summed E-state index contributed by atoms with van der Waals surface area (Å²) in [6.45, 7) is 3.31. The first-order chi connectivity index (χ1) is 10.1. The molecule has 2 fully saturated rings. The van der Waals surface area contributed by atoms with Gasteiger partial charge in [0.2, 0.25) is 5.91 Å². The number of carbonyl (C=O) groups is 1. The summed E-state index contributed by atoms with van der Waals surface area (Å²) in [4.78, 5) is 16.1. The minimum absolute atomic E-state index is 0.0967. The van der Waals surface area contributed by atoms with E-state index in [0.717, 1.165) is 32.5 Å². The summed E-state index contributed by atoms with van der Waals surface area (Å²) in [6.07, 6.45) is 1.74. The summed E-state index contributed by atoms with van der Waals surface area (Å²) >= 11 is 0. The third-order valence-corrected chi connectivity index (χ3v) is 4.48. The molecular formula is C16H22N2O3. The predicted octanol–water partition coefficient (Wildman–Crippen LogP) is 0.950. The molecule has 0 radical (unpaired) electrons. The zero-order valence-corrected chi connectivity index (χ0v) is 12.1. The van der Waals surface area contributed by atoms with Gasteiger partial charge in [0.1, 0.15) is 5.75 Å². The molecule has 0 bridgehead atoms. The van der Waals surface area contributed by atoms with Crippen molar-refractivity contribution in [1.82, 2.24) is 9.80 Å². The number of piperidine rings is 1. The van der Waals surface area contributed by atoms with E-state index in [1.54, 1.807) is 12.1 Å². The van der Waals surface area contributed by atoms with E-state index in [0.29, 0.717) is 12.3 Å². The number of benzene rings is 1. The second kappa shape index (κ2) is 6.03. The lowest BCUT2D eigenvalue weighted by Gasteiger charge is -2.36. The van der Waals surface area contributed by atoms with Crippen LogP contribution >= 0.6 is 0 Å². The standard InChI is InChI=1S/C16H22N2O3/c19-14-3-1-12(2-4-14)10-17-7-5-13(6-8-17)18-11-15(20)9-16(18)21/h1-4,13,15,19-20H,5-11H2/t15-/m0/s1. The molecule has 0 spiro atoms. The summed E-state index contributed by atoms with van der Waals surface area (Å²) in [5, 5.41) is 18.9. The number of hydrogen-bond donors (Lipinski definition) is 2. The summed E-state index contributed by atoms with van der Waals surface area (Å²) in [6, 6.07) is 7.60. The van der Waals surface area contributed by atoms with E-state index in [1.165, 1.54) is 5.56 Å². The van der Waals surface area contributed by atoms with Gasteiger partial charge in [-0.1, -0.05) is 12.1 Å². The average Bonchev–Trinajstić information content (AvgIpc) is 2.81. The van der Waals surface area contributed by atoms with Crippen molar-refractivity contribution in [2.75, 3.05) is 19.6 Å². The number of phenols is 1. The van der Waals surface area contributed by atoms with Gasteiger partial charge in [0.25, 0.3) is 0 Å². The molecule has 0 aliphatic carbocycles. The Bertz CT molecular complexity index is 495. The van der Waals surface area contributed by atoms with Gasteiger partial charge in [-0.2, -0.15) is 0 Å². The molecule has 21 heavy (non-hydrogen) atoms. The second-order valence-electron chi connectivity index (χ2n) is 6.08. The van der Waals surface area contributed by atoms with E-state index in [-0.39, 0.29) is 18.4 Å². The highest BCUT2D eigenvalue weighted by molar-refractivity contribution is 5.79. The van der Waals surface area contributed by atoms with Crippen molar-refractivity contribution in [2.45, 2.75) is 38.0 Å². The van der Waals surface area contributed by atoms with Crippen molar-refractivity contribution in [3.8, 4) is 5.75 Å². The lowest BCUT2D eigenvalue weighted by molar-refractivity contribution is -0.130. The van der Waals surface area contributed by atoms with Gasteiger partial charge in [-0.05, 0) is 30.5 Å². The molecule has 1 atom stereocenters. The first-order valence-electron chi connectivity index (χ1n) is 7.59. The second-order valence-corrected chi connectivity index (χ2v) is 6.08. The highest BCUT2D eigenvalue weighted by atomic mass is 16.3. The van der Waals surface area contributed by atoms with Gasteiger partial charge in [-0.25, -0.2) is 0 Å². The number of carbonyl (C=O) groups excluding carboxylic acids is 1. The zero-order valence-electron chi connectivity index (χ0n) is 12.1. The van der Waals surface area contributed by atoms with Gasteiger partial charge in [0, 0.05) is 32.2 Å². The van der Waals surface area contributed by atoms with E-state index in [9.17, 15) is 15.0 Å². The molecule has 0 aromatic heterocycles. The Kier molecular flexibility index (Phi) is 4.12. The fourth-order valence-electron chi connectivity index (χ4n) is 3.31. The van der Waals surface area contributed by atoms with Crippen LogP contribution < -0.4 is 0 Å². The van der Waals surface area contributed by atoms with Crippen LogP contribution in [0, 0.1) is 0 Å². The molecular weight excluding hydrogens is 268 g/mol. The minimum Gasteiger partial charge on any atom is -0.508 e. The Morgan fingerprint density at radius 2 is 1.81 bits per heavy atom. The Morgan fingerprint density at radius 1 is 1.14 bits per heavy atom. The van der Waals surface area contributed by atoms with Crippen molar-refractivity contribution in [2.24, 2.45) is 0 Å². The molecule has 2 aliphatic rings. The van der Waals surface area contributed by atoms with Crippen molar-refractivity contribution in [1.29, 1.82) is 0 Å². The van der Waals surface area contributed by atoms with Crippen LogP contribution in [0.1, 0.15) is 24.8 Å². The molecule has 2 N–H and O–H groups in total. The van der Waals surface area contributed by atoms with Crippen LogP contribution in [-0.2, 0) is 11.3 Å². The van der Waals surface area contributed by atoms with Crippen molar-refractivity contribution in [3.63, 3.8) is 0 Å². The van der Waals surface area contributed by atoms with Crippen LogP contribution in [0.5, 0.6) is 5.75 Å². The van der Waals surface area contributed by atoms with Crippen LogP contribution in [0.15, 0.2) is 24.3 Å². The van der Waals surface area contributed by atoms with Crippen LogP contribution in [0.4, 0.5) is 0 Å². The zero-order chi connectivity index (χ0) is 14.8. The summed E-state index contributed by atoms with van der Waals surface area (Å²) in [7, 11) is 0. The maximum Gasteiger partial charge on any atom is 0.225 e. The number of amides is 1.